The van der Waals surface area contributed by atoms with E-state index in [4.69, 9.17) is 4.42 Å². The first kappa shape index (κ1) is 17.5. The summed E-state index contributed by atoms with van der Waals surface area (Å²) in [6.07, 6.45) is 0. The van der Waals surface area contributed by atoms with E-state index in [-0.39, 0.29) is 17.7 Å². The monoisotopic (exact) mass is 337 g/mol. The van der Waals surface area contributed by atoms with Crippen LogP contribution in [-0.2, 0) is 14.6 Å². The van der Waals surface area contributed by atoms with E-state index in [0.29, 0.717) is 5.76 Å². The number of furan rings is 1. The van der Waals surface area contributed by atoms with Gasteiger partial charge in [0.15, 0.2) is 9.84 Å². The Morgan fingerprint density at radius 3 is 2.48 bits per heavy atom. The summed E-state index contributed by atoms with van der Waals surface area (Å²) in [5.41, 5.74) is 1.74. The number of benzene rings is 1. The molecular weight excluding hydrogens is 314 g/mol. The second kappa shape index (κ2) is 6.74. The molecule has 2 rings (SSSR count). The molecule has 1 unspecified atom stereocenters. The Kier molecular flexibility index (Phi) is 5.14. The summed E-state index contributed by atoms with van der Waals surface area (Å²) in [4.78, 5) is 12.1. The van der Waals surface area contributed by atoms with Crippen molar-refractivity contribution in [1.29, 1.82) is 0 Å². The first-order valence-corrected chi connectivity index (χ1v) is 9.55. The molecule has 1 atom stereocenters. The molecule has 0 spiro atoms. The van der Waals surface area contributed by atoms with E-state index in [1.54, 1.807) is 0 Å². The minimum Gasteiger partial charge on any atom is -0.459 e. The number of carbonyl (C=O) groups is 1. The molecule has 0 bridgehead atoms. The standard InChI is InChI=1S/C17H23NO4S/c1-5-23(20,21)10-15(19)18-16(11(2)3)17-12(4)13-8-6-7-9-14(13)22-17/h6-9,11,16H,5,10H2,1-4H3,(H,18,19). The summed E-state index contributed by atoms with van der Waals surface area (Å²) < 4.78 is 29.2. The van der Waals surface area contributed by atoms with Crippen molar-refractivity contribution < 1.29 is 17.6 Å². The zero-order valence-electron chi connectivity index (χ0n) is 13.9. The van der Waals surface area contributed by atoms with Crippen LogP contribution in [-0.4, -0.2) is 25.8 Å². The van der Waals surface area contributed by atoms with E-state index in [1.165, 1.54) is 6.92 Å². The number of amides is 1. The van der Waals surface area contributed by atoms with Gasteiger partial charge in [0.1, 0.15) is 17.1 Å². The van der Waals surface area contributed by atoms with Gasteiger partial charge in [0.05, 0.1) is 6.04 Å². The number of hydrogen-bond donors (Lipinski definition) is 1. The average Bonchev–Trinajstić information content (AvgIpc) is 2.81. The number of aryl methyl sites for hydroxylation is 1. The molecular formula is C17H23NO4S. The molecule has 1 aromatic carbocycles. The van der Waals surface area contributed by atoms with Crippen LogP contribution >= 0.6 is 0 Å². The van der Waals surface area contributed by atoms with Gasteiger partial charge in [-0.2, -0.15) is 0 Å². The van der Waals surface area contributed by atoms with Crippen LogP contribution in [0.1, 0.15) is 38.1 Å². The normalized spacial score (nSPS) is 13.4. The molecule has 126 valence electrons. The van der Waals surface area contributed by atoms with Crippen LogP contribution in [0.4, 0.5) is 0 Å². The van der Waals surface area contributed by atoms with E-state index < -0.39 is 21.5 Å². The number of fused-ring (bicyclic) bond motifs is 1. The number of sulfone groups is 1. The summed E-state index contributed by atoms with van der Waals surface area (Å²) >= 11 is 0. The second-order valence-electron chi connectivity index (χ2n) is 6.05. The molecule has 5 nitrogen and oxygen atoms in total. The smallest absolute Gasteiger partial charge is 0.235 e. The van der Waals surface area contributed by atoms with Gasteiger partial charge in [0, 0.05) is 16.7 Å². The maximum atomic E-state index is 12.1. The van der Waals surface area contributed by atoms with Gasteiger partial charge < -0.3 is 9.73 Å². The molecule has 1 amide bonds. The SMILES string of the molecule is CCS(=O)(=O)CC(=O)NC(c1oc2ccccc2c1C)C(C)C. The van der Waals surface area contributed by atoms with Crippen molar-refractivity contribution in [1.82, 2.24) is 5.32 Å². The third kappa shape index (κ3) is 3.93. The fourth-order valence-corrected chi connectivity index (χ4v) is 3.23. The van der Waals surface area contributed by atoms with Crippen molar-refractivity contribution in [3.8, 4) is 0 Å². The first-order chi connectivity index (χ1) is 10.7. The van der Waals surface area contributed by atoms with Gasteiger partial charge in [-0.1, -0.05) is 39.0 Å². The van der Waals surface area contributed by atoms with Gasteiger partial charge in [-0.05, 0) is 18.9 Å². The van der Waals surface area contributed by atoms with Crippen molar-refractivity contribution in [2.45, 2.75) is 33.7 Å². The lowest BCUT2D eigenvalue weighted by Crippen LogP contribution is -2.36. The molecule has 0 fully saturated rings. The molecule has 6 heteroatoms. The fourth-order valence-electron chi connectivity index (χ4n) is 2.54. The maximum absolute atomic E-state index is 12.1. The average molecular weight is 337 g/mol. The lowest BCUT2D eigenvalue weighted by atomic mass is 9.98. The predicted octanol–water partition coefficient (Wildman–Crippen LogP) is 2.99. The van der Waals surface area contributed by atoms with Gasteiger partial charge >= 0.3 is 0 Å². The Bertz CT molecular complexity index is 805. The molecule has 23 heavy (non-hydrogen) atoms. The Morgan fingerprint density at radius 1 is 1.26 bits per heavy atom. The van der Waals surface area contributed by atoms with Crippen LogP contribution in [0.25, 0.3) is 11.0 Å². The van der Waals surface area contributed by atoms with Gasteiger partial charge in [0.25, 0.3) is 0 Å². The topological polar surface area (TPSA) is 76.4 Å². The van der Waals surface area contributed by atoms with E-state index in [0.717, 1.165) is 16.5 Å². The zero-order valence-corrected chi connectivity index (χ0v) is 14.7. The van der Waals surface area contributed by atoms with Crippen LogP contribution in [0, 0.1) is 12.8 Å². The molecule has 1 heterocycles. The summed E-state index contributed by atoms with van der Waals surface area (Å²) in [5, 5.41) is 3.82. The number of nitrogens with one attached hydrogen (secondary N) is 1. The highest BCUT2D eigenvalue weighted by atomic mass is 32.2. The van der Waals surface area contributed by atoms with E-state index >= 15 is 0 Å². The van der Waals surface area contributed by atoms with E-state index in [1.807, 2.05) is 45.0 Å². The predicted molar refractivity (Wildman–Crippen MR) is 91.0 cm³/mol. The molecule has 0 aliphatic heterocycles. The summed E-state index contributed by atoms with van der Waals surface area (Å²) in [6.45, 7) is 7.41. The van der Waals surface area contributed by atoms with Crippen LogP contribution in [0.3, 0.4) is 0 Å². The molecule has 0 aliphatic rings. The molecule has 0 saturated carbocycles. The van der Waals surface area contributed by atoms with Crippen molar-refractivity contribution >= 4 is 26.7 Å². The van der Waals surface area contributed by atoms with E-state index in [2.05, 4.69) is 5.32 Å². The van der Waals surface area contributed by atoms with Crippen molar-refractivity contribution in [3.63, 3.8) is 0 Å². The lowest BCUT2D eigenvalue weighted by molar-refractivity contribution is -0.119. The van der Waals surface area contributed by atoms with Gasteiger partial charge in [-0.15, -0.1) is 0 Å². The summed E-state index contributed by atoms with van der Waals surface area (Å²) in [5.74, 6) is -0.279. The molecule has 0 aliphatic carbocycles. The van der Waals surface area contributed by atoms with E-state index in [9.17, 15) is 13.2 Å². The minimum atomic E-state index is -3.35. The summed E-state index contributed by atoms with van der Waals surface area (Å²) in [6, 6.07) is 7.32. The highest BCUT2D eigenvalue weighted by Crippen LogP contribution is 2.32. The van der Waals surface area contributed by atoms with Crippen LogP contribution < -0.4 is 5.32 Å². The molecule has 1 aromatic heterocycles. The highest BCUT2D eigenvalue weighted by molar-refractivity contribution is 7.92. The summed E-state index contributed by atoms with van der Waals surface area (Å²) in [7, 11) is -3.35. The Morgan fingerprint density at radius 2 is 1.91 bits per heavy atom. The largest absolute Gasteiger partial charge is 0.459 e. The molecule has 0 saturated heterocycles. The molecule has 0 radical (unpaired) electrons. The van der Waals surface area contributed by atoms with Crippen LogP contribution in [0.15, 0.2) is 28.7 Å². The van der Waals surface area contributed by atoms with Crippen molar-refractivity contribution in [2.24, 2.45) is 5.92 Å². The van der Waals surface area contributed by atoms with Gasteiger partial charge in [0.2, 0.25) is 5.91 Å². The number of carbonyl (C=O) groups excluding carboxylic acids is 1. The van der Waals surface area contributed by atoms with Crippen LogP contribution in [0.5, 0.6) is 0 Å². The quantitative estimate of drug-likeness (QED) is 0.879. The minimum absolute atomic E-state index is 0.0452. The second-order valence-corrected chi connectivity index (χ2v) is 8.41. The van der Waals surface area contributed by atoms with Crippen LogP contribution in [0.2, 0.25) is 0 Å². The van der Waals surface area contributed by atoms with Gasteiger partial charge in [-0.25, -0.2) is 8.42 Å². The Hall–Kier alpha value is -1.82. The molecule has 2 aromatic rings. The number of para-hydroxylation sites is 1. The third-order valence-electron chi connectivity index (χ3n) is 3.94. The number of hydrogen-bond acceptors (Lipinski definition) is 4. The van der Waals surface area contributed by atoms with Crippen molar-refractivity contribution in [3.05, 3.63) is 35.6 Å². The van der Waals surface area contributed by atoms with Crippen molar-refractivity contribution in [2.75, 3.05) is 11.5 Å². The highest BCUT2D eigenvalue weighted by Gasteiger charge is 2.26. The zero-order chi connectivity index (χ0) is 17.2. The fraction of sp³-hybridized carbons (Fsp3) is 0.471. The number of rotatable bonds is 6. The Labute approximate surface area is 137 Å². The first-order valence-electron chi connectivity index (χ1n) is 7.73. The lowest BCUT2D eigenvalue weighted by Gasteiger charge is -2.21. The molecule has 1 N–H and O–H groups in total. The Balaban J connectivity index is 2.31. The van der Waals surface area contributed by atoms with Gasteiger partial charge in [-0.3, -0.25) is 4.79 Å². The maximum Gasteiger partial charge on any atom is 0.235 e. The third-order valence-corrected chi connectivity index (χ3v) is 5.52.